The van der Waals surface area contributed by atoms with Gasteiger partial charge < -0.3 is 4.74 Å². The molecular formula is C16H22O3. The van der Waals surface area contributed by atoms with Crippen LogP contribution in [0, 0.1) is 11.8 Å². The van der Waals surface area contributed by atoms with Crippen molar-refractivity contribution >= 4 is 11.8 Å². The fraction of sp³-hybridized carbons (Fsp3) is 0.500. The van der Waals surface area contributed by atoms with E-state index in [4.69, 9.17) is 4.74 Å². The van der Waals surface area contributed by atoms with Crippen molar-refractivity contribution in [2.24, 2.45) is 11.8 Å². The van der Waals surface area contributed by atoms with Crippen LogP contribution < -0.4 is 0 Å². The lowest BCUT2D eigenvalue weighted by Gasteiger charge is -2.14. The molecule has 3 heteroatoms. The molecule has 0 saturated carbocycles. The van der Waals surface area contributed by atoms with Crippen LogP contribution in [0.4, 0.5) is 0 Å². The SMILES string of the molecule is CC(=O)OC[C@@H](C)CC(=O)[C@H](C)Cc1ccccc1. The lowest BCUT2D eigenvalue weighted by Crippen LogP contribution is -2.19. The van der Waals surface area contributed by atoms with Gasteiger partial charge in [0.2, 0.25) is 0 Å². The Morgan fingerprint density at radius 1 is 1.16 bits per heavy atom. The lowest BCUT2D eigenvalue weighted by atomic mass is 9.92. The first kappa shape index (κ1) is 15.4. The molecule has 19 heavy (non-hydrogen) atoms. The summed E-state index contributed by atoms with van der Waals surface area (Å²) in [5.41, 5.74) is 1.18. The summed E-state index contributed by atoms with van der Waals surface area (Å²) < 4.78 is 4.91. The highest BCUT2D eigenvalue weighted by Crippen LogP contribution is 2.14. The molecule has 0 N–H and O–H groups in total. The summed E-state index contributed by atoms with van der Waals surface area (Å²) in [6, 6.07) is 10.0. The maximum atomic E-state index is 12.1. The average molecular weight is 262 g/mol. The second-order valence-corrected chi connectivity index (χ2v) is 5.17. The van der Waals surface area contributed by atoms with Gasteiger partial charge >= 0.3 is 5.97 Å². The van der Waals surface area contributed by atoms with Crippen LogP contribution in [0.25, 0.3) is 0 Å². The van der Waals surface area contributed by atoms with Crippen LogP contribution in [-0.2, 0) is 20.7 Å². The number of esters is 1. The van der Waals surface area contributed by atoms with Gasteiger partial charge in [0.15, 0.2) is 0 Å². The zero-order chi connectivity index (χ0) is 14.3. The number of hydrogen-bond donors (Lipinski definition) is 0. The summed E-state index contributed by atoms with van der Waals surface area (Å²) in [4.78, 5) is 22.8. The molecule has 0 aliphatic carbocycles. The standard InChI is InChI=1S/C16H22O3/c1-12(11-19-14(3)17)9-16(18)13(2)10-15-7-5-4-6-8-15/h4-8,12-13H,9-11H2,1-3H3/t12-,13+/m0/s1. The predicted molar refractivity (Wildman–Crippen MR) is 74.7 cm³/mol. The molecule has 0 amide bonds. The normalized spacial score (nSPS) is 13.6. The van der Waals surface area contributed by atoms with Crippen molar-refractivity contribution in [2.75, 3.05) is 6.61 Å². The summed E-state index contributed by atoms with van der Waals surface area (Å²) >= 11 is 0. The van der Waals surface area contributed by atoms with Gasteiger partial charge in [0.05, 0.1) is 6.61 Å². The molecule has 2 atom stereocenters. The van der Waals surface area contributed by atoms with Gasteiger partial charge in [0.1, 0.15) is 5.78 Å². The summed E-state index contributed by atoms with van der Waals surface area (Å²) in [7, 11) is 0. The van der Waals surface area contributed by atoms with Gasteiger partial charge in [-0.25, -0.2) is 0 Å². The van der Waals surface area contributed by atoms with Gasteiger partial charge in [0, 0.05) is 19.3 Å². The molecule has 0 aliphatic heterocycles. The zero-order valence-corrected chi connectivity index (χ0v) is 11.9. The zero-order valence-electron chi connectivity index (χ0n) is 11.9. The van der Waals surface area contributed by atoms with E-state index in [1.54, 1.807) is 0 Å². The van der Waals surface area contributed by atoms with E-state index in [9.17, 15) is 9.59 Å². The Labute approximate surface area is 115 Å². The number of carbonyl (C=O) groups excluding carboxylic acids is 2. The van der Waals surface area contributed by atoms with Crippen molar-refractivity contribution in [2.45, 2.75) is 33.6 Å². The van der Waals surface area contributed by atoms with Crippen LogP contribution >= 0.6 is 0 Å². The van der Waals surface area contributed by atoms with E-state index in [2.05, 4.69) is 0 Å². The van der Waals surface area contributed by atoms with Gasteiger partial charge in [0.25, 0.3) is 0 Å². The highest BCUT2D eigenvalue weighted by atomic mass is 16.5. The van der Waals surface area contributed by atoms with Crippen LogP contribution in [0.2, 0.25) is 0 Å². The summed E-state index contributed by atoms with van der Waals surface area (Å²) in [5.74, 6) is 0.0111. The molecule has 1 rings (SSSR count). The quantitative estimate of drug-likeness (QED) is 0.709. The minimum absolute atomic E-state index is 0.00202. The lowest BCUT2D eigenvalue weighted by molar-refractivity contribution is -0.143. The van der Waals surface area contributed by atoms with Crippen molar-refractivity contribution in [3.05, 3.63) is 35.9 Å². The third kappa shape index (κ3) is 6.18. The first-order chi connectivity index (χ1) is 8.99. The largest absolute Gasteiger partial charge is 0.466 e. The van der Waals surface area contributed by atoms with Crippen molar-refractivity contribution in [1.29, 1.82) is 0 Å². The van der Waals surface area contributed by atoms with E-state index in [1.165, 1.54) is 12.5 Å². The van der Waals surface area contributed by atoms with Gasteiger partial charge in [-0.15, -0.1) is 0 Å². The van der Waals surface area contributed by atoms with Gasteiger partial charge in [-0.2, -0.15) is 0 Å². The van der Waals surface area contributed by atoms with Crippen LogP contribution in [0.15, 0.2) is 30.3 Å². The number of Topliss-reactive ketones (excluding diaryl/α,β-unsaturated/α-hetero) is 1. The maximum absolute atomic E-state index is 12.1. The molecule has 1 aromatic carbocycles. The summed E-state index contributed by atoms with van der Waals surface area (Å²) in [6.07, 6.45) is 1.22. The van der Waals surface area contributed by atoms with Gasteiger partial charge in [-0.1, -0.05) is 44.2 Å². The minimum atomic E-state index is -0.295. The Morgan fingerprint density at radius 3 is 2.37 bits per heavy atom. The predicted octanol–water partition coefficient (Wildman–Crippen LogP) is 3.02. The fourth-order valence-corrected chi connectivity index (χ4v) is 1.94. The number of ketones is 1. The molecule has 0 fully saturated rings. The Morgan fingerprint density at radius 2 is 1.79 bits per heavy atom. The number of hydrogen-bond acceptors (Lipinski definition) is 3. The van der Waals surface area contributed by atoms with Crippen LogP contribution in [-0.4, -0.2) is 18.4 Å². The monoisotopic (exact) mass is 262 g/mol. The maximum Gasteiger partial charge on any atom is 0.302 e. The first-order valence-corrected chi connectivity index (χ1v) is 6.69. The van der Waals surface area contributed by atoms with Crippen molar-refractivity contribution < 1.29 is 14.3 Å². The van der Waals surface area contributed by atoms with E-state index in [1.807, 2.05) is 44.2 Å². The third-order valence-electron chi connectivity index (χ3n) is 3.06. The molecule has 0 aliphatic rings. The van der Waals surface area contributed by atoms with E-state index in [0.29, 0.717) is 13.0 Å². The topological polar surface area (TPSA) is 43.4 Å². The molecule has 0 aromatic heterocycles. The minimum Gasteiger partial charge on any atom is -0.466 e. The fourth-order valence-electron chi connectivity index (χ4n) is 1.94. The highest BCUT2D eigenvalue weighted by Gasteiger charge is 2.17. The Hall–Kier alpha value is -1.64. The van der Waals surface area contributed by atoms with E-state index in [0.717, 1.165) is 6.42 Å². The highest BCUT2D eigenvalue weighted by molar-refractivity contribution is 5.81. The van der Waals surface area contributed by atoms with E-state index >= 15 is 0 Å². The molecule has 3 nitrogen and oxygen atoms in total. The molecule has 0 spiro atoms. The van der Waals surface area contributed by atoms with Crippen molar-refractivity contribution in [3.8, 4) is 0 Å². The third-order valence-corrected chi connectivity index (χ3v) is 3.06. The van der Waals surface area contributed by atoms with Crippen LogP contribution in [0.5, 0.6) is 0 Å². The van der Waals surface area contributed by atoms with Crippen molar-refractivity contribution in [3.63, 3.8) is 0 Å². The smallest absolute Gasteiger partial charge is 0.302 e. The average Bonchev–Trinajstić information content (AvgIpc) is 2.37. The number of benzene rings is 1. The first-order valence-electron chi connectivity index (χ1n) is 6.69. The second kappa shape index (κ2) is 7.72. The molecule has 0 saturated heterocycles. The molecule has 1 aromatic rings. The Balaban J connectivity index is 2.38. The summed E-state index contributed by atoms with van der Waals surface area (Å²) in [6.45, 7) is 5.58. The van der Waals surface area contributed by atoms with Gasteiger partial charge in [-0.3, -0.25) is 9.59 Å². The second-order valence-electron chi connectivity index (χ2n) is 5.17. The molecule has 0 bridgehead atoms. The number of ether oxygens (including phenoxy) is 1. The molecule has 0 radical (unpaired) electrons. The Bertz CT molecular complexity index is 411. The molecule has 0 heterocycles. The van der Waals surface area contributed by atoms with E-state index < -0.39 is 0 Å². The van der Waals surface area contributed by atoms with E-state index in [-0.39, 0.29) is 23.6 Å². The summed E-state index contributed by atoms with van der Waals surface area (Å²) in [5, 5.41) is 0. The van der Waals surface area contributed by atoms with Gasteiger partial charge in [-0.05, 0) is 17.9 Å². The molecule has 104 valence electrons. The van der Waals surface area contributed by atoms with Crippen molar-refractivity contribution in [1.82, 2.24) is 0 Å². The van der Waals surface area contributed by atoms with Crippen LogP contribution in [0.3, 0.4) is 0 Å². The number of rotatable bonds is 7. The number of carbonyl (C=O) groups is 2. The van der Waals surface area contributed by atoms with Crippen LogP contribution in [0.1, 0.15) is 32.8 Å². The molecular weight excluding hydrogens is 240 g/mol. The Kier molecular flexibility index (Phi) is 6.26. The molecule has 0 unspecified atom stereocenters.